The van der Waals surface area contributed by atoms with Crippen molar-refractivity contribution >= 4 is 23.4 Å². The minimum atomic E-state index is -4.22. The summed E-state index contributed by atoms with van der Waals surface area (Å²) in [4.78, 5) is 25.1. The number of hydrogen-bond donors (Lipinski definition) is 2. The second-order valence-corrected chi connectivity index (χ2v) is 6.90. The molecule has 1 aromatic rings. The fourth-order valence-corrected chi connectivity index (χ4v) is 3.50. The average Bonchev–Trinajstić information content (AvgIpc) is 2.95. The van der Waals surface area contributed by atoms with Crippen molar-refractivity contribution in [2.45, 2.75) is 31.5 Å². The number of carbonyl (C=O) groups excluding carboxylic acids is 1. The van der Waals surface area contributed by atoms with Crippen LogP contribution in [0, 0.1) is 11.8 Å². The summed E-state index contributed by atoms with van der Waals surface area (Å²) in [7, 11) is 0. The SMILES string of the molecule is O=C(NC[C@@H]1CC[C@H]1C(F)(F)F)O[C@@H]1CCN(c2cn[nH]c(=O)c2Cl)C1. The number of aromatic nitrogens is 2. The third kappa shape index (κ3) is 4.05. The standard InChI is InChI=1S/C15H18ClF3N4O3/c16-12-11(6-21-22-13(12)24)23-4-3-9(7-23)26-14(25)20-5-8-1-2-10(8)15(17,18)19/h6,8-10H,1-5,7H2,(H,20,25)(H,22,24)/t8-,9+,10+/m0/s1. The smallest absolute Gasteiger partial charge is 0.407 e. The Balaban J connectivity index is 1.46. The number of aromatic amines is 1. The molecule has 2 N–H and O–H groups in total. The number of nitrogens with zero attached hydrogens (tertiary/aromatic N) is 2. The number of anilines is 1. The monoisotopic (exact) mass is 394 g/mol. The first kappa shape index (κ1) is 18.8. The van der Waals surface area contributed by atoms with Crippen molar-refractivity contribution in [3.63, 3.8) is 0 Å². The molecule has 7 nitrogen and oxygen atoms in total. The van der Waals surface area contributed by atoms with Crippen LogP contribution in [-0.2, 0) is 4.74 Å². The van der Waals surface area contributed by atoms with Gasteiger partial charge in [-0.15, -0.1) is 0 Å². The van der Waals surface area contributed by atoms with Gasteiger partial charge in [0.05, 0.1) is 24.3 Å². The molecule has 1 saturated carbocycles. The molecule has 0 radical (unpaired) electrons. The number of alkyl carbamates (subject to hydrolysis) is 1. The fourth-order valence-electron chi connectivity index (χ4n) is 3.29. The Morgan fingerprint density at radius 2 is 2.19 bits per heavy atom. The van der Waals surface area contributed by atoms with E-state index in [0.717, 1.165) is 0 Å². The summed E-state index contributed by atoms with van der Waals surface area (Å²) in [5.41, 5.74) is -0.0598. The topological polar surface area (TPSA) is 87.3 Å². The first-order chi connectivity index (χ1) is 12.3. The van der Waals surface area contributed by atoms with Crippen molar-refractivity contribution < 1.29 is 22.7 Å². The van der Waals surface area contributed by atoms with Crippen LogP contribution in [0.1, 0.15) is 19.3 Å². The van der Waals surface area contributed by atoms with E-state index in [0.29, 0.717) is 31.6 Å². The molecule has 0 unspecified atom stereocenters. The minimum Gasteiger partial charge on any atom is -0.444 e. The van der Waals surface area contributed by atoms with Crippen molar-refractivity contribution in [3.05, 3.63) is 21.6 Å². The highest BCUT2D eigenvalue weighted by molar-refractivity contribution is 6.33. The van der Waals surface area contributed by atoms with Crippen LogP contribution in [0.25, 0.3) is 0 Å². The van der Waals surface area contributed by atoms with E-state index in [-0.39, 0.29) is 18.0 Å². The van der Waals surface area contributed by atoms with Crippen molar-refractivity contribution in [1.82, 2.24) is 15.5 Å². The number of halogens is 4. The van der Waals surface area contributed by atoms with Gasteiger partial charge in [-0.25, -0.2) is 9.89 Å². The Morgan fingerprint density at radius 3 is 2.85 bits per heavy atom. The Hall–Kier alpha value is -1.97. The number of ether oxygens (including phenoxy) is 1. The third-order valence-corrected chi connectivity index (χ3v) is 5.25. The van der Waals surface area contributed by atoms with E-state index in [1.807, 2.05) is 0 Å². The summed E-state index contributed by atoms with van der Waals surface area (Å²) in [6, 6.07) is 0. The lowest BCUT2D eigenvalue weighted by Crippen LogP contribution is -2.45. The van der Waals surface area contributed by atoms with Gasteiger partial charge in [0, 0.05) is 19.5 Å². The van der Waals surface area contributed by atoms with E-state index in [2.05, 4.69) is 15.5 Å². The second kappa shape index (κ2) is 7.34. The zero-order valence-electron chi connectivity index (χ0n) is 13.7. The Kier molecular flexibility index (Phi) is 5.31. The normalized spacial score (nSPS) is 25.7. The van der Waals surface area contributed by atoms with Gasteiger partial charge in [-0.2, -0.15) is 18.3 Å². The van der Waals surface area contributed by atoms with E-state index >= 15 is 0 Å². The molecular weight excluding hydrogens is 377 g/mol. The van der Waals surface area contributed by atoms with E-state index in [1.54, 1.807) is 4.90 Å². The molecule has 144 valence electrons. The number of hydrogen-bond acceptors (Lipinski definition) is 5. The van der Waals surface area contributed by atoms with Crippen molar-refractivity contribution in [2.24, 2.45) is 11.8 Å². The van der Waals surface area contributed by atoms with Gasteiger partial charge in [-0.3, -0.25) is 4.79 Å². The van der Waals surface area contributed by atoms with Crippen LogP contribution in [0.3, 0.4) is 0 Å². The maximum absolute atomic E-state index is 12.7. The summed E-state index contributed by atoms with van der Waals surface area (Å²) in [5, 5.41) is 8.33. The van der Waals surface area contributed by atoms with Crippen LogP contribution < -0.4 is 15.8 Å². The van der Waals surface area contributed by atoms with Crippen molar-refractivity contribution in [2.75, 3.05) is 24.5 Å². The van der Waals surface area contributed by atoms with Gasteiger partial charge in [0.15, 0.2) is 0 Å². The fraction of sp³-hybridized carbons (Fsp3) is 0.667. The molecule has 1 aromatic heterocycles. The lowest BCUT2D eigenvalue weighted by Gasteiger charge is -2.37. The molecule has 26 heavy (non-hydrogen) atoms. The molecule has 3 rings (SSSR count). The summed E-state index contributed by atoms with van der Waals surface area (Å²) in [6.45, 7) is 0.789. The number of rotatable bonds is 4. The molecule has 1 aliphatic carbocycles. The van der Waals surface area contributed by atoms with Crippen LogP contribution in [0.4, 0.5) is 23.7 Å². The summed E-state index contributed by atoms with van der Waals surface area (Å²) in [6.07, 6.45) is -2.92. The number of alkyl halides is 3. The molecule has 1 aliphatic heterocycles. The zero-order chi connectivity index (χ0) is 18.9. The molecule has 0 spiro atoms. The van der Waals surface area contributed by atoms with E-state index in [1.165, 1.54) is 6.20 Å². The second-order valence-electron chi connectivity index (χ2n) is 6.53. The number of amides is 1. The molecule has 1 saturated heterocycles. The molecule has 2 fully saturated rings. The van der Waals surface area contributed by atoms with Gasteiger partial charge in [0.2, 0.25) is 0 Å². The van der Waals surface area contributed by atoms with Crippen LogP contribution in [0.2, 0.25) is 5.02 Å². The molecule has 0 bridgehead atoms. The average molecular weight is 395 g/mol. The number of H-pyrrole nitrogens is 1. The summed E-state index contributed by atoms with van der Waals surface area (Å²) < 4.78 is 43.3. The maximum atomic E-state index is 12.7. The maximum Gasteiger partial charge on any atom is 0.407 e. The van der Waals surface area contributed by atoms with Crippen molar-refractivity contribution in [1.29, 1.82) is 0 Å². The minimum absolute atomic E-state index is 0.00766. The first-order valence-electron chi connectivity index (χ1n) is 8.25. The Bertz CT molecular complexity index is 727. The van der Waals surface area contributed by atoms with Crippen LogP contribution >= 0.6 is 11.6 Å². The summed E-state index contributed by atoms with van der Waals surface area (Å²) in [5.74, 6) is -1.95. The number of nitrogens with one attached hydrogen (secondary N) is 2. The van der Waals surface area contributed by atoms with Gasteiger partial charge in [0.1, 0.15) is 11.1 Å². The van der Waals surface area contributed by atoms with E-state index in [9.17, 15) is 22.8 Å². The van der Waals surface area contributed by atoms with Gasteiger partial charge >= 0.3 is 12.3 Å². The van der Waals surface area contributed by atoms with E-state index in [4.69, 9.17) is 16.3 Å². The lowest BCUT2D eigenvalue weighted by molar-refractivity contribution is -0.212. The highest BCUT2D eigenvalue weighted by atomic mass is 35.5. The predicted octanol–water partition coefficient (Wildman–Crippen LogP) is 2.32. The molecule has 1 amide bonds. The van der Waals surface area contributed by atoms with Crippen LogP contribution in [-0.4, -0.2) is 48.2 Å². The summed E-state index contributed by atoms with van der Waals surface area (Å²) >= 11 is 5.95. The van der Waals surface area contributed by atoms with Crippen LogP contribution in [0.5, 0.6) is 0 Å². The van der Waals surface area contributed by atoms with Gasteiger partial charge in [0.25, 0.3) is 5.56 Å². The van der Waals surface area contributed by atoms with Crippen molar-refractivity contribution in [3.8, 4) is 0 Å². The predicted molar refractivity (Wildman–Crippen MR) is 87.2 cm³/mol. The zero-order valence-corrected chi connectivity index (χ0v) is 14.4. The van der Waals surface area contributed by atoms with Gasteiger partial charge in [-0.1, -0.05) is 11.6 Å². The molecule has 3 atom stereocenters. The molecule has 2 aliphatic rings. The molecule has 11 heteroatoms. The molecule has 2 heterocycles. The highest BCUT2D eigenvalue weighted by Crippen LogP contribution is 2.45. The Morgan fingerprint density at radius 1 is 1.42 bits per heavy atom. The molecular formula is C15H18ClF3N4O3. The third-order valence-electron chi connectivity index (χ3n) is 4.88. The number of carbonyl (C=O) groups is 1. The Labute approximate surface area is 151 Å². The lowest BCUT2D eigenvalue weighted by atomic mass is 9.73. The van der Waals surface area contributed by atoms with E-state index < -0.39 is 35.8 Å². The van der Waals surface area contributed by atoms with Gasteiger partial charge < -0.3 is 15.0 Å². The quantitative estimate of drug-likeness (QED) is 0.818. The molecule has 0 aromatic carbocycles. The van der Waals surface area contributed by atoms with Crippen LogP contribution in [0.15, 0.2) is 11.0 Å². The largest absolute Gasteiger partial charge is 0.444 e. The highest BCUT2D eigenvalue weighted by Gasteiger charge is 2.49. The van der Waals surface area contributed by atoms with Gasteiger partial charge in [-0.05, 0) is 18.8 Å². The first-order valence-corrected chi connectivity index (χ1v) is 8.63.